The fourth-order valence-corrected chi connectivity index (χ4v) is 10.9. The molecule has 9 rings (SSSR count). The molecule has 6 aromatic rings. The predicted octanol–water partition coefficient (Wildman–Crippen LogP) is 10.1. The Hall–Kier alpha value is -5.46. The molecule has 0 spiro atoms. The topological polar surface area (TPSA) is 139 Å². The third-order valence-electron chi connectivity index (χ3n) is 11.5. The van der Waals surface area contributed by atoms with Crippen LogP contribution in [0.3, 0.4) is 0 Å². The maximum atomic E-state index is 14.2. The van der Waals surface area contributed by atoms with Crippen LogP contribution in [0.2, 0.25) is 0 Å². The number of thiazole rings is 1. The lowest BCUT2D eigenvalue weighted by molar-refractivity contribution is 0.0882. The molecular formula is C46H42N4O6S2. The van der Waals surface area contributed by atoms with E-state index in [4.69, 9.17) is 4.74 Å². The van der Waals surface area contributed by atoms with Crippen LogP contribution in [0, 0.1) is 11.8 Å². The summed E-state index contributed by atoms with van der Waals surface area (Å²) in [5.74, 6) is -1.76. The highest BCUT2D eigenvalue weighted by molar-refractivity contribution is 8.01. The molecule has 1 saturated carbocycles. The number of aromatic nitrogens is 3. The van der Waals surface area contributed by atoms with Crippen LogP contribution < -0.4 is 15.2 Å². The quantitative estimate of drug-likeness (QED) is 0.0727. The number of benzene rings is 4. The largest absolute Gasteiger partial charge is 0.494 e. The summed E-state index contributed by atoms with van der Waals surface area (Å²) in [7, 11) is 0. The highest BCUT2D eigenvalue weighted by atomic mass is 32.2. The van der Waals surface area contributed by atoms with Crippen molar-refractivity contribution in [3.05, 3.63) is 117 Å². The molecule has 0 radical (unpaired) electrons. The number of hydrogen-bond acceptors (Lipinski definition) is 10. The van der Waals surface area contributed by atoms with Gasteiger partial charge in [-0.1, -0.05) is 63.6 Å². The van der Waals surface area contributed by atoms with Crippen LogP contribution in [0.5, 0.6) is 5.75 Å². The lowest BCUT2D eigenvalue weighted by Gasteiger charge is -2.23. The summed E-state index contributed by atoms with van der Waals surface area (Å²) in [6, 6.07) is 21.5. The molecule has 1 unspecified atom stereocenters. The molecule has 1 aliphatic heterocycles. The first kappa shape index (κ1) is 38.1. The summed E-state index contributed by atoms with van der Waals surface area (Å²) in [5.41, 5.74) is 2.33. The highest BCUT2D eigenvalue weighted by Gasteiger charge is 2.46. The molecule has 0 saturated heterocycles. The van der Waals surface area contributed by atoms with Crippen LogP contribution in [0.25, 0.3) is 21.1 Å². The molecule has 2 aliphatic carbocycles. The highest BCUT2D eigenvalue weighted by Crippen LogP contribution is 2.44. The Morgan fingerprint density at radius 2 is 1.55 bits per heavy atom. The summed E-state index contributed by atoms with van der Waals surface area (Å²) in [6.45, 7) is 7.24. The third-order valence-corrected chi connectivity index (χ3v) is 13.6. The summed E-state index contributed by atoms with van der Waals surface area (Å²) < 4.78 is 8.07. The van der Waals surface area contributed by atoms with Crippen molar-refractivity contribution in [2.75, 3.05) is 11.5 Å². The smallest absolute Gasteiger partial charge is 0.266 e. The van der Waals surface area contributed by atoms with Gasteiger partial charge in [-0.3, -0.25) is 24.0 Å². The van der Waals surface area contributed by atoms with E-state index in [1.807, 2.05) is 42.5 Å². The van der Waals surface area contributed by atoms with Crippen molar-refractivity contribution in [3.63, 3.8) is 0 Å². The Labute approximate surface area is 343 Å². The number of H-pyrrole nitrogens is 1. The lowest BCUT2D eigenvalue weighted by atomic mass is 9.94. The molecule has 1 fully saturated rings. The number of Topliss-reactive ketones (excluding diaryl/α,β-unsaturated/α-hetero) is 2. The van der Waals surface area contributed by atoms with Crippen LogP contribution in [0.1, 0.15) is 130 Å². The molecule has 2 amide bonds. The monoisotopic (exact) mass is 810 g/mol. The molecule has 0 bridgehead atoms. The van der Waals surface area contributed by atoms with E-state index in [0.29, 0.717) is 40.8 Å². The summed E-state index contributed by atoms with van der Waals surface area (Å²) in [4.78, 5) is 83.8. The fourth-order valence-electron chi connectivity index (χ4n) is 8.86. The zero-order chi connectivity index (χ0) is 40.2. The van der Waals surface area contributed by atoms with Gasteiger partial charge in [0.2, 0.25) is 0 Å². The van der Waals surface area contributed by atoms with Gasteiger partial charge in [0.1, 0.15) is 17.5 Å². The van der Waals surface area contributed by atoms with Crippen LogP contribution >= 0.6 is 23.1 Å². The van der Waals surface area contributed by atoms with Gasteiger partial charge in [-0.15, -0.1) is 11.3 Å². The summed E-state index contributed by atoms with van der Waals surface area (Å²) in [6.07, 6.45) is 7.15. The lowest BCUT2D eigenvalue weighted by Crippen LogP contribution is -2.30. The summed E-state index contributed by atoms with van der Waals surface area (Å²) in [5, 5.41) is 0.309. The molecule has 10 nitrogen and oxygen atoms in total. The maximum absolute atomic E-state index is 14.2. The minimum absolute atomic E-state index is 0.0295. The predicted molar refractivity (Wildman–Crippen MR) is 226 cm³/mol. The number of para-hydroxylation sites is 1. The number of amides is 2. The first-order valence-corrected chi connectivity index (χ1v) is 21.7. The average molecular weight is 811 g/mol. The van der Waals surface area contributed by atoms with E-state index < -0.39 is 34.9 Å². The van der Waals surface area contributed by atoms with Gasteiger partial charge in [0.15, 0.2) is 15.9 Å². The molecule has 12 heteroatoms. The van der Waals surface area contributed by atoms with E-state index in [1.165, 1.54) is 28.8 Å². The van der Waals surface area contributed by atoms with Gasteiger partial charge < -0.3 is 9.72 Å². The Balaban J connectivity index is 0.969. The number of carbonyl (C=O) groups is 4. The molecule has 2 aromatic heterocycles. The van der Waals surface area contributed by atoms with E-state index in [0.717, 1.165) is 70.0 Å². The first-order valence-electron chi connectivity index (χ1n) is 20.0. The number of aromatic amines is 1. The standard InChI is InChI=1S/C46H42N4O6S2/c1-24(2)19-25(3)9-8-18-56-27-14-16-29(26-10-4-5-11-26)37(20-27)50-44(54)32-22-30-31(23-33(32)45(50)55)41(52)39(40(30)51)42-47-35-17-15-28(21-34(35)43(53)49-42)57-46-48-36-12-6-7-13-38(36)58-46/h6-7,12-17,20-26,39H,4-5,8-11,18-19H2,1-3H3,(H,47,49,53). The van der Waals surface area contributed by atoms with E-state index in [2.05, 4.69) is 35.7 Å². The molecule has 58 heavy (non-hydrogen) atoms. The molecule has 1 atom stereocenters. The zero-order valence-corrected chi connectivity index (χ0v) is 34.1. The SMILES string of the molecule is CC(C)CC(C)CCCOc1ccc(C2CCCC2)c(N2C(=O)c3cc4c(cc3C2=O)C(=O)C(c2nc3ccc(Sc5nc6ccccc6s5)cc3c(=O)[nH]2)C4=O)c1. The fraction of sp³-hybridized carbons (Fsp3) is 0.326. The minimum atomic E-state index is -1.41. The van der Waals surface area contributed by atoms with Crippen molar-refractivity contribution in [3.8, 4) is 5.75 Å². The van der Waals surface area contributed by atoms with Gasteiger partial charge in [-0.2, -0.15) is 0 Å². The second-order valence-corrected chi connectivity index (χ2v) is 18.5. The molecular weight excluding hydrogens is 769 g/mol. The number of ketones is 2. The maximum Gasteiger partial charge on any atom is 0.266 e. The van der Waals surface area contributed by atoms with Crippen LogP contribution in [0.15, 0.2) is 86.8 Å². The van der Waals surface area contributed by atoms with Gasteiger partial charge in [-0.25, -0.2) is 14.9 Å². The molecule has 3 aliphatic rings. The Morgan fingerprint density at radius 1 is 0.828 bits per heavy atom. The normalized spacial score (nSPS) is 16.4. The van der Waals surface area contributed by atoms with Gasteiger partial charge in [0.25, 0.3) is 17.4 Å². The van der Waals surface area contributed by atoms with E-state index in [9.17, 15) is 24.0 Å². The number of nitrogens with one attached hydrogen (secondary N) is 1. The Bertz CT molecular complexity index is 2640. The van der Waals surface area contributed by atoms with Crippen molar-refractivity contribution in [1.29, 1.82) is 0 Å². The number of rotatable bonds is 12. The van der Waals surface area contributed by atoms with Crippen molar-refractivity contribution in [2.24, 2.45) is 11.8 Å². The average Bonchev–Trinajstić information content (AvgIpc) is 3.98. The minimum Gasteiger partial charge on any atom is -0.494 e. The number of fused-ring (bicyclic) bond motifs is 4. The van der Waals surface area contributed by atoms with Gasteiger partial charge in [0.05, 0.1) is 44.5 Å². The molecule has 3 heterocycles. The number of hydrogen-bond donors (Lipinski definition) is 1. The Kier molecular flexibility index (Phi) is 10.1. The van der Waals surface area contributed by atoms with Crippen molar-refractivity contribution >= 4 is 73.3 Å². The molecule has 294 valence electrons. The number of anilines is 1. The van der Waals surface area contributed by atoms with Gasteiger partial charge in [-0.05, 0) is 104 Å². The number of carbonyl (C=O) groups excluding carboxylic acids is 4. The first-order chi connectivity index (χ1) is 28.0. The molecule has 1 N–H and O–H groups in total. The second-order valence-electron chi connectivity index (χ2n) is 16.2. The Morgan fingerprint density at radius 3 is 2.26 bits per heavy atom. The van der Waals surface area contributed by atoms with Crippen LogP contribution in [-0.4, -0.2) is 44.9 Å². The van der Waals surface area contributed by atoms with Gasteiger partial charge >= 0.3 is 0 Å². The van der Waals surface area contributed by atoms with Crippen molar-refractivity contribution in [1.82, 2.24) is 15.0 Å². The zero-order valence-electron chi connectivity index (χ0n) is 32.5. The molecule has 4 aromatic carbocycles. The number of ether oxygens (including phenoxy) is 1. The van der Waals surface area contributed by atoms with Crippen LogP contribution in [0.4, 0.5) is 5.69 Å². The van der Waals surface area contributed by atoms with Crippen LogP contribution in [-0.2, 0) is 0 Å². The van der Waals surface area contributed by atoms with Gasteiger partial charge in [0, 0.05) is 22.1 Å². The van der Waals surface area contributed by atoms with E-state index in [1.54, 1.807) is 29.5 Å². The number of imide groups is 1. The van der Waals surface area contributed by atoms with E-state index >= 15 is 0 Å². The second kappa shape index (κ2) is 15.4. The summed E-state index contributed by atoms with van der Waals surface area (Å²) >= 11 is 2.99. The van der Waals surface area contributed by atoms with E-state index in [-0.39, 0.29) is 34.0 Å². The third kappa shape index (κ3) is 6.96. The number of nitrogens with zero attached hydrogens (tertiary/aromatic N) is 3. The van der Waals surface area contributed by atoms with Crippen molar-refractivity contribution in [2.45, 2.75) is 86.8 Å². The van der Waals surface area contributed by atoms with Crippen molar-refractivity contribution < 1.29 is 23.9 Å².